The van der Waals surface area contributed by atoms with Gasteiger partial charge in [-0.3, -0.25) is 4.79 Å². The van der Waals surface area contributed by atoms with E-state index in [2.05, 4.69) is 4.72 Å². The Morgan fingerprint density at radius 3 is 2.48 bits per heavy atom. The van der Waals surface area contributed by atoms with Gasteiger partial charge in [0.2, 0.25) is 10.0 Å². The highest BCUT2D eigenvalue weighted by molar-refractivity contribution is 7.89. The van der Waals surface area contributed by atoms with E-state index in [0.717, 1.165) is 0 Å². The van der Waals surface area contributed by atoms with Crippen LogP contribution in [0.15, 0.2) is 29.2 Å². The molecule has 0 aliphatic carbocycles. The molecule has 1 aromatic rings. The molecule has 27 heavy (non-hydrogen) atoms. The van der Waals surface area contributed by atoms with E-state index in [9.17, 15) is 18.3 Å². The maximum atomic E-state index is 12.8. The van der Waals surface area contributed by atoms with Gasteiger partial charge in [0.15, 0.2) is 0 Å². The third-order valence-electron chi connectivity index (χ3n) is 4.61. The van der Waals surface area contributed by atoms with Crippen LogP contribution in [0.2, 0.25) is 0 Å². The SMILES string of the molecule is COC(=O)[C@H](NS(=O)(=O)c1ccc(OC)cc1)[C@@H]1OC(C)(C)C[C@H]1CCO. The van der Waals surface area contributed by atoms with E-state index in [-0.39, 0.29) is 17.4 Å². The molecule has 1 heterocycles. The van der Waals surface area contributed by atoms with Crippen molar-refractivity contribution in [2.45, 2.75) is 49.3 Å². The van der Waals surface area contributed by atoms with Crippen molar-refractivity contribution < 1.29 is 32.5 Å². The molecular weight excluding hydrogens is 374 g/mol. The van der Waals surface area contributed by atoms with Gasteiger partial charge in [0.1, 0.15) is 11.8 Å². The first-order chi connectivity index (χ1) is 12.6. The first-order valence-corrected chi connectivity index (χ1v) is 10.1. The highest BCUT2D eigenvalue weighted by Gasteiger charge is 2.47. The number of hydrogen-bond acceptors (Lipinski definition) is 7. The van der Waals surface area contributed by atoms with Gasteiger partial charge in [0, 0.05) is 6.61 Å². The Morgan fingerprint density at radius 2 is 1.96 bits per heavy atom. The van der Waals surface area contributed by atoms with Crippen molar-refractivity contribution in [3.05, 3.63) is 24.3 Å². The fraction of sp³-hybridized carbons (Fsp3) is 0.611. The lowest BCUT2D eigenvalue weighted by molar-refractivity contribution is -0.148. The van der Waals surface area contributed by atoms with Crippen LogP contribution in [0.4, 0.5) is 0 Å². The van der Waals surface area contributed by atoms with E-state index >= 15 is 0 Å². The topological polar surface area (TPSA) is 111 Å². The quantitative estimate of drug-likeness (QED) is 0.627. The van der Waals surface area contributed by atoms with Crippen LogP contribution in [-0.2, 0) is 24.3 Å². The lowest BCUT2D eigenvalue weighted by Gasteiger charge is -2.27. The Hall–Kier alpha value is -1.68. The molecule has 8 nitrogen and oxygen atoms in total. The van der Waals surface area contributed by atoms with E-state index in [1.165, 1.54) is 38.5 Å². The normalized spacial score (nSPS) is 23.0. The Balaban J connectivity index is 2.31. The minimum atomic E-state index is -4.00. The average molecular weight is 401 g/mol. The molecule has 1 aromatic carbocycles. The van der Waals surface area contributed by atoms with Crippen molar-refractivity contribution in [2.75, 3.05) is 20.8 Å². The highest BCUT2D eigenvalue weighted by Crippen LogP contribution is 2.38. The van der Waals surface area contributed by atoms with Gasteiger partial charge in [-0.05, 0) is 56.9 Å². The third-order valence-corrected chi connectivity index (χ3v) is 6.07. The minimum absolute atomic E-state index is 0.00633. The number of nitrogens with one attached hydrogen (secondary N) is 1. The molecule has 1 fully saturated rings. The van der Waals surface area contributed by atoms with Crippen molar-refractivity contribution in [1.29, 1.82) is 0 Å². The summed E-state index contributed by atoms with van der Waals surface area (Å²) in [5, 5.41) is 9.33. The second kappa shape index (κ2) is 8.55. The van der Waals surface area contributed by atoms with Gasteiger partial charge >= 0.3 is 5.97 Å². The zero-order valence-electron chi connectivity index (χ0n) is 16.0. The molecule has 2 N–H and O–H groups in total. The summed E-state index contributed by atoms with van der Waals surface area (Å²) in [5.41, 5.74) is -0.539. The molecule has 152 valence electrons. The lowest BCUT2D eigenvalue weighted by Crippen LogP contribution is -2.51. The van der Waals surface area contributed by atoms with Crippen LogP contribution in [0.3, 0.4) is 0 Å². The summed E-state index contributed by atoms with van der Waals surface area (Å²) in [5.74, 6) is -0.409. The monoisotopic (exact) mass is 401 g/mol. The zero-order valence-corrected chi connectivity index (χ0v) is 16.8. The maximum Gasteiger partial charge on any atom is 0.326 e. The molecular formula is C18H27NO7S. The van der Waals surface area contributed by atoms with Gasteiger partial charge in [0.05, 0.1) is 30.8 Å². The lowest BCUT2D eigenvalue weighted by atomic mass is 9.89. The van der Waals surface area contributed by atoms with Crippen molar-refractivity contribution >= 4 is 16.0 Å². The molecule has 1 aliphatic rings. The van der Waals surface area contributed by atoms with Crippen LogP contribution in [0.25, 0.3) is 0 Å². The summed E-state index contributed by atoms with van der Waals surface area (Å²) >= 11 is 0. The molecule has 0 radical (unpaired) electrons. The highest BCUT2D eigenvalue weighted by atomic mass is 32.2. The number of esters is 1. The number of ether oxygens (including phenoxy) is 3. The number of carbonyl (C=O) groups excluding carboxylic acids is 1. The minimum Gasteiger partial charge on any atom is -0.497 e. The van der Waals surface area contributed by atoms with E-state index in [1.807, 2.05) is 13.8 Å². The van der Waals surface area contributed by atoms with E-state index in [4.69, 9.17) is 14.2 Å². The molecule has 0 bridgehead atoms. The van der Waals surface area contributed by atoms with Crippen molar-refractivity contribution in [2.24, 2.45) is 5.92 Å². The fourth-order valence-corrected chi connectivity index (χ4v) is 4.59. The molecule has 9 heteroatoms. The second-order valence-corrected chi connectivity index (χ2v) is 8.83. The molecule has 1 aliphatic heterocycles. The van der Waals surface area contributed by atoms with Crippen molar-refractivity contribution in [3.63, 3.8) is 0 Å². The first-order valence-electron chi connectivity index (χ1n) is 8.66. The van der Waals surface area contributed by atoms with Gasteiger partial charge in [-0.15, -0.1) is 0 Å². The number of aliphatic hydroxyl groups is 1. The fourth-order valence-electron chi connectivity index (χ4n) is 3.40. The van der Waals surface area contributed by atoms with Crippen LogP contribution in [0.5, 0.6) is 5.75 Å². The number of methoxy groups -OCH3 is 2. The molecule has 0 saturated carbocycles. The van der Waals surface area contributed by atoms with Gasteiger partial charge in [0.25, 0.3) is 0 Å². The van der Waals surface area contributed by atoms with Gasteiger partial charge < -0.3 is 19.3 Å². The standard InChI is InChI=1S/C18H27NO7S/c1-18(2)11-12(9-10-20)16(26-18)15(17(21)25-4)19-27(22,23)14-7-5-13(24-3)6-8-14/h5-8,12,15-16,19-20H,9-11H2,1-4H3/t12-,15-,16-/m1/s1. The first kappa shape index (κ1) is 21.6. The Labute approximate surface area is 159 Å². The Kier molecular flexibility index (Phi) is 6.85. The van der Waals surface area contributed by atoms with Crippen LogP contribution in [0.1, 0.15) is 26.7 Å². The number of sulfonamides is 1. The molecule has 2 rings (SSSR count). The number of benzene rings is 1. The summed E-state index contributed by atoms with van der Waals surface area (Å²) in [6.07, 6.45) is 0.245. The van der Waals surface area contributed by atoms with Crippen molar-refractivity contribution in [3.8, 4) is 5.75 Å². The number of carbonyl (C=O) groups is 1. The van der Waals surface area contributed by atoms with Crippen LogP contribution < -0.4 is 9.46 Å². The number of hydrogen-bond donors (Lipinski definition) is 2. The summed E-state index contributed by atoms with van der Waals surface area (Å²) < 4.78 is 43.8. The van der Waals surface area contributed by atoms with E-state index in [1.54, 1.807) is 0 Å². The van der Waals surface area contributed by atoms with Gasteiger partial charge in [-0.1, -0.05) is 0 Å². The average Bonchev–Trinajstić information content (AvgIpc) is 2.93. The van der Waals surface area contributed by atoms with Crippen molar-refractivity contribution in [1.82, 2.24) is 4.72 Å². The zero-order chi connectivity index (χ0) is 20.2. The maximum absolute atomic E-state index is 12.8. The van der Waals surface area contributed by atoms with Crippen LogP contribution in [-0.4, -0.2) is 58.1 Å². The van der Waals surface area contributed by atoms with E-state index < -0.39 is 33.7 Å². The molecule has 0 unspecified atom stereocenters. The summed E-state index contributed by atoms with van der Waals surface area (Å²) in [6.45, 7) is 3.65. The number of aliphatic hydroxyl groups excluding tert-OH is 1. The predicted octanol–water partition coefficient (Wildman–Crippen LogP) is 1.08. The third kappa shape index (κ3) is 5.19. The van der Waals surface area contributed by atoms with Crippen LogP contribution in [0, 0.1) is 5.92 Å². The Bertz CT molecular complexity index is 745. The van der Waals surface area contributed by atoms with E-state index in [0.29, 0.717) is 18.6 Å². The number of rotatable bonds is 8. The second-order valence-electron chi connectivity index (χ2n) is 7.12. The largest absolute Gasteiger partial charge is 0.497 e. The molecule has 0 amide bonds. The molecule has 3 atom stereocenters. The summed E-state index contributed by atoms with van der Waals surface area (Å²) in [6, 6.07) is 4.59. The van der Waals surface area contributed by atoms with Gasteiger partial charge in [-0.25, -0.2) is 8.42 Å². The smallest absolute Gasteiger partial charge is 0.326 e. The molecule has 0 aromatic heterocycles. The Morgan fingerprint density at radius 1 is 1.33 bits per heavy atom. The molecule has 0 spiro atoms. The summed E-state index contributed by atoms with van der Waals surface area (Å²) in [7, 11) is -1.33. The molecule has 1 saturated heterocycles. The predicted molar refractivity (Wildman–Crippen MR) is 97.9 cm³/mol. The van der Waals surface area contributed by atoms with Gasteiger partial charge in [-0.2, -0.15) is 4.72 Å². The summed E-state index contributed by atoms with van der Waals surface area (Å²) in [4.78, 5) is 12.4. The van der Waals surface area contributed by atoms with Crippen LogP contribution >= 0.6 is 0 Å².